The van der Waals surface area contributed by atoms with Gasteiger partial charge in [-0.2, -0.15) is 0 Å². The lowest BCUT2D eigenvalue weighted by Crippen LogP contribution is -2.37. The van der Waals surface area contributed by atoms with Gasteiger partial charge in [0.1, 0.15) is 17.6 Å². The SMILES string of the molecule is CCOC(=O)C(Cc1ccc(OCCc2nc(-c3ccccc3)oc2C)cc1)NC. The van der Waals surface area contributed by atoms with Gasteiger partial charge in [0.2, 0.25) is 5.89 Å². The maximum absolute atomic E-state index is 11.9. The molecule has 0 aliphatic carbocycles. The highest BCUT2D eigenvalue weighted by atomic mass is 16.5. The number of hydrogen-bond acceptors (Lipinski definition) is 6. The van der Waals surface area contributed by atoms with E-state index in [4.69, 9.17) is 13.9 Å². The van der Waals surface area contributed by atoms with Gasteiger partial charge in [-0.3, -0.25) is 4.79 Å². The number of likely N-dealkylation sites (N-methyl/N-ethyl adjacent to an activating group) is 1. The minimum absolute atomic E-state index is 0.238. The first-order chi connectivity index (χ1) is 14.6. The highest BCUT2D eigenvalue weighted by Crippen LogP contribution is 2.22. The van der Waals surface area contributed by atoms with Gasteiger partial charge in [0.05, 0.1) is 18.9 Å². The molecule has 1 atom stereocenters. The highest BCUT2D eigenvalue weighted by Gasteiger charge is 2.18. The van der Waals surface area contributed by atoms with Crippen LogP contribution < -0.4 is 10.1 Å². The minimum atomic E-state index is -0.356. The van der Waals surface area contributed by atoms with Gasteiger partial charge < -0.3 is 19.2 Å². The van der Waals surface area contributed by atoms with Crippen LogP contribution in [0.4, 0.5) is 0 Å². The Balaban J connectivity index is 1.52. The Hall–Kier alpha value is -3.12. The van der Waals surface area contributed by atoms with E-state index < -0.39 is 0 Å². The van der Waals surface area contributed by atoms with E-state index in [1.807, 2.05) is 61.5 Å². The molecule has 0 saturated carbocycles. The molecular weight excluding hydrogens is 380 g/mol. The van der Waals surface area contributed by atoms with Gasteiger partial charge >= 0.3 is 5.97 Å². The zero-order valence-corrected chi connectivity index (χ0v) is 17.7. The maximum atomic E-state index is 11.9. The fourth-order valence-electron chi connectivity index (χ4n) is 3.13. The number of esters is 1. The standard InChI is InChI=1S/C24H28N2O4/c1-4-28-24(27)22(25-3)16-18-10-12-20(13-11-18)29-15-14-21-17(2)30-23(26-21)19-8-6-5-7-9-19/h5-13,22,25H,4,14-16H2,1-3H3. The van der Waals surface area contributed by atoms with Crippen LogP contribution in [0.2, 0.25) is 0 Å². The minimum Gasteiger partial charge on any atom is -0.493 e. The zero-order valence-electron chi connectivity index (χ0n) is 17.7. The largest absolute Gasteiger partial charge is 0.493 e. The van der Waals surface area contributed by atoms with Crippen molar-refractivity contribution in [3.05, 3.63) is 71.6 Å². The molecule has 0 spiro atoms. The topological polar surface area (TPSA) is 73.6 Å². The molecule has 0 saturated heterocycles. The first-order valence-electron chi connectivity index (χ1n) is 10.2. The molecule has 6 nitrogen and oxygen atoms in total. The molecule has 0 amide bonds. The van der Waals surface area contributed by atoms with Crippen molar-refractivity contribution in [3.8, 4) is 17.2 Å². The van der Waals surface area contributed by atoms with E-state index in [1.165, 1.54) is 0 Å². The summed E-state index contributed by atoms with van der Waals surface area (Å²) in [6, 6.07) is 17.3. The first kappa shape index (κ1) is 21.6. The van der Waals surface area contributed by atoms with Gasteiger partial charge in [0.15, 0.2) is 0 Å². The van der Waals surface area contributed by atoms with Gasteiger partial charge in [0.25, 0.3) is 0 Å². The molecule has 1 heterocycles. The van der Waals surface area contributed by atoms with E-state index in [9.17, 15) is 4.79 Å². The van der Waals surface area contributed by atoms with E-state index in [1.54, 1.807) is 14.0 Å². The van der Waals surface area contributed by atoms with Crippen LogP contribution in [0.25, 0.3) is 11.5 Å². The van der Waals surface area contributed by atoms with E-state index in [2.05, 4.69) is 10.3 Å². The predicted molar refractivity (Wildman–Crippen MR) is 116 cm³/mol. The summed E-state index contributed by atoms with van der Waals surface area (Å²) in [6.45, 7) is 4.61. The van der Waals surface area contributed by atoms with E-state index >= 15 is 0 Å². The number of nitrogens with zero attached hydrogens (tertiary/aromatic N) is 1. The average molecular weight is 408 g/mol. The second kappa shape index (κ2) is 10.6. The fourth-order valence-corrected chi connectivity index (χ4v) is 3.13. The fraction of sp³-hybridized carbons (Fsp3) is 0.333. The molecule has 1 N–H and O–H groups in total. The van der Waals surface area contributed by atoms with Crippen molar-refractivity contribution < 1.29 is 18.7 Å². The summed E-state index contributed by atoms with van der Waals surface area (Å²) in [5.74, 6) is 1.98. The Morgan fingerprint density at radius 3 is 2.53 bits per heavy atom. The molecule has 1 aromatic heterocycles. The Kier molecular flexibility index (Phi) is 7.63. The number of ether oxygens (including phenoxy) is 2. The third-order valence-electron chi connectivity index (χ3n) is 4.80. The number of benzene rings is 2. The Labute approximate surface area is 177 Å². The summed E-state index contributed by atoms with van der Waals surface area (Å²) in [5, 5.41) is 3.00. The molecular formula is C24H28N2O4. The van der Waals surface area contributed by atoms with Crippen molar-refractivity contribution in [1.82, 2.24) is 10.3 Å². The molecule has 30 heavy (non-hydrogen) atoms. The number of oxazole rings is 1. The van der Waals surface area contributed by atoms with Crippen LogP contribution in [0.5, 0.6) is 5.75 Å². The first-order valence-corrected chi connectivity index (χ1v) is 10.2. The molecule has 3 aromatic rings. The molecule has 3 rings (SSSR count). The van der Waals surface area contributed by atoms with Crippen LogP contribution in [0.15, 0.2) is 59.0 Å². The molecule has 1 unspecified atom stereocenters. The van der Waals surface area contributed by atoms with Gasteiger partial charge in [-0.05, 0) is 57.1 Å². The molecule has 0 fully saturated rings. The summed E-state index contributed by atoms with van der Waals surface area (Å²) in [7, 11) is 1.76. The van der Waals surface area contributed by atoms with Crippen molar-refractivity contribution in [1.29, 1.82) is 0 Å². The number of nitrogens with one attached hydrogen (secondary N) is 1. The summed E-state index contributed by atoms with van der Waals surface area (Å²) in [6.07, 6.45) is 1.23. The molecule has 2 aromatic carbocycles. The van der Waals surface area contributed by atoms with Crippen LogP contribution in [0, 0.1) is 6.92 Å². The van der Waals surface area contributed by atoms with E-state index in [0.717, 1.165) is 28.3 Å². The molecule has 0 aliphatic heterocycles. The summed E-state index contributed by atoms with van der Waals surface area (Å²) in [5.41, 5.74) is 2.90. The number of carbonyl (C=O) groups is 1. The van der Waals surface area contributed by atoms with Gasteiger partial charge in [-0.25, -0.2) is 4.98 Å². The molecule has 0 aliphatic rings. The van der Waals surface area contributed by atoms with E-state index in [0.29, 0.717) is 31.9 Å². The molecule has 6 heteroatoms. The summed E-state index contributed by atoms with van der Waals surface area (Å²) < 4.78 is 16.7. The zero-order chi connectivity index (χ0) is 21.3. The number of carbonyl (C=O) groups excluding carboxylic acids is 1. The van der Waals surface area contributed by atoms with Crippen LogP contribution in [0.1, 0.15) is 23.9 Å². The lowest BCUT2D eigenvalue weighted by molar-refractivity contribution is -0.145. The Morgan fingerprint density at radius 1 is 1.13 bits per heavy atom. The third kappa shape index (κ3) is 5.70. The lowest BCUT2D eigenvalue weighted by Gasteiger charge is -2.15. The molecule has 0 bridgehead atoms. The van der Waals surface area contributed by atoms with E-state index in [-0.39, 0.29) is 12.0 Å². The van der Waals surface area contributed by atoms with Crippen molar-refractivity contribution in [2.24, 2.45) is 0 Å². The second-order valence-corrected chi connectivity index (χ2v) is 6.93. The van der Waals surface area contributed by atoms with Gasteiger partial charge in [-0.1, -0.05) is 30.3 Å². The number of hydrogen-bond donors (Lipinski definition) is 1. The Morgan fingerprint density at radius 2 is 1.87 bits per heavy atom. The lowest BCUT2D eigenvalue weighted by atomic mass is 10.1. The van der Waals surface area contributed by atoms with Crippen molar-refractivity contribution in [2.45, 2.75) is 32.7 Å². The second-order valence-electron chi connectivity index (χ2n) is 6.93. The van der Waals surface area contributed by atoms with Crippen molar-refractivity contribution >= 4 is 5.97 Å². The van der Waals surface area contributed by atoms with Crippen LogP contribution >= 0.6 is 0 Å². The Bertz CT molecular complexity index is 936. The summed E-state index contributed by atoms with van der Waals surface area (Å²) >= 11 is 0. The van der Waals surface area contributed by atoms with Gasteiger partial charge in [-0.15, -0.1) is 0 Å². The van der Waals surface area contributed by atoms with Gasteiger partial charge in [0, 0.05) is 12.0 Å². The smallest absolute Gasteiger partial charge is 0.323 e. The van der Waals surface area contributed by atoms with Crippen molar-refractivity contribution in [3.63, 3.8) is 0 Å². The van der Waals surface area contributed by atoms with Crippen molar-refractivity contribution in [2.75, 3.05) is 20.3 Å². The highest BCUT2D eigenvalue weighted by molar-refractivity contribution is 5.76. The quantitative estimate of drug-likeness (QED) is 0.512. The predicted octanol–water partition coefficient (Wildman–Crippen LogP) is 3.97. The number of aromatic nitrogens is 1. The number of aryl methyl sites for hydroxylation is 1. The number of rotatable bonds is 10. The molecule has 158 valence electrons. The van der Waals surface area contributed by atoms with Crippen LogP contribution in [0.3, 0.4) is 0 Å². The van der Waals surface area contributed by atoms with Crippen LogP contribution in [-0.2, 0) is 22.4 Å². The van der Waals surface area contributed by atoms with Crippen LogP contribution in [-0.4, -0.2) is 37.3 Å². The summed E-state index contributed by atoms with van der Waals surface area (Å²) in [4.78, 5) is 16.5. The average Bonchev–Trinajstić information content (AvgIpc) is 3.14. The normalized spacial score (nSPS) is 11.8. The third-order valence-corrected chi connectivity index (χ3v) is 4.80. The maximum Gasteiger partial charge on any atom is 0.323 e. The monoisotopic (exact) mass is 408 g/mol. The molecule has 0 radical (unpaired) electrons.